The van der Waals surface area contributed by atoms with Gasteiger partial charge in [-0.15, -0.1) is 0 Å². The molecule has 0 aliphatic rings. The van der Waals surface area contributed by atoms with Crippen molar-refractivity contribution < 1.29 is 19.1 Å². The maximum atomic E-state index is 11.8. The summed E-state index contributed by atoms with van der Waals surface area (Å²) >= 11 is 6.10. The Morgan fingerprint density at radius 1 is 1.19 bits per heavy atom. The lowest BCUT2D eigenvalue weighted by atomic mass is 10.2. The quantitative estimate of drug-likeness (QED) is 0.572. The molecule has 142 valence electrons. The summed E-state index contributed by atoms with van der Waals surface area (Å²) < 4.78 is 11.5. The monoisotopic (exact) mass is 391 g/mol. The molecule has 9 heteroatoms. The van der Waals surface area contributed by atoms with Gasteiger partial charge in [0.1, 0.15) is 6.54 Å². The number of hydrogen-bond donors (Lipinski definition) is 2. The highest BCUT2D eigenvalue weighted by Crippen LogP contribution is 2.36. The van der Waals surface area contributed by atoms with Gasteiger partial charge in [0.15, 0.2) is 11.5 Å². The van der Waals surface area contributed by atoms with E-state index >= 15 is 0 Å². The Bertz CT molecular complexity index is 923. The van der Waals surface area contributed by atoms with E-state index < -0.39 is 11.8 Å². The summed E-state index contributed by atoms with van der Waals surface area (Å²) in [5.74, 6) is -0.287. The fourth-order valence-corrected chi connectivity index (χ4v) is 2.46. The fourth-order valence-electron chi connectivity index (χ4n) is 2.16. The Balaban J connectivity index is 1.93. The number of carbonyl (C=O) groups is 2. The first kappa shape index (κ1) is 20.1. The van der Waals surface area contributed by atoms with Crippen molar-refractivity contribution in [2.45, 2.75) is 6.54 Å². The molecule has 0 unspecified atom stereocenters. The van der Waals surface area contributed by atoms with Gasteiger partial charge in [-0.2, -0.15) is 0 Å². The van der Waals surface area contributed by atoms with Crippen molar-refractivity contribution in [3.8, 4) is 11.5 Å². The lowest BCUT2D eigenvalue weighted by Crippen LogP contribution is -2.43. The summed E-state index contributed by atoms with van der Waals surface area (Å²) in [5.41, 5.74) is 4.75. The molecule has 0 aliphatic carbocycles. The highest BCUT2D eigenvalue weighted by Gasteiger charge is 2.10. The Labute approximate surface area is 160 Å². The second kappa shape index (κ2) is 9.44. The van der Waals surface area contributed by atoms with Crippen molar-refractivity contribution in [3.63, 3.8) is 0 Å². The van der Waals surface area contributed by atoms with Gasteiger partial charge in [0.05, 0.1) is 19.2 Å². The second-order valence-corrected chi connectivity index (χ2v) is 5.68. The number of ether oxygens (including phenoxy) is 2. The van der Waals surface area contributed by atoms with E-state index in [4.69, 9.17) is 21.1 Å². The first-order chi connectivity index (χ1) is 12.9. The number of rotatable bonds is 6. The molecule has 0 spiro atoms. The zero-order chi connectivity index (χ0) is 19.8. The number of methoxy groups -OCH3 is 2. The summed E-state index contributed by atoms with van der Waals surface area (Å²) in [6.07, 6.45) is 4.19. The summed E-state index contributed by atoms with van der Waals surface area (Å²) in [6, 6.07) is 7.79. The molecule has 1 heterocycles. The van der Waals surface area contributed by atoms with E-state index in [-0.39, 0.29) is 12.1 Å². The molecule has 2 aromatic rings. The Morgan fingerprint density at radius 2 is 1.96 bits per heavy atom. The number of hydrogen-bond acceptors (Lipinski definition) is 5. The molecule has 2 amide bonds. The third-order valence-corrected chi connectivity index (χ3v) is 3.70. The van der Waals surface area contributed by atoms with Crippen LogP contribution in [0.3, 0.4) is 0 Å². The number of nitrogens with zero attached hydrogens (tertiary/aromatic N) is 1. The number of carbonyl (C=O) groups excluding carboxylic acids is 2. The van der Waals surface area contributed by atoms with Crippen molar-refractivity contribution in [1.82, 2.24) is 15.4 Å². The molecular formula is C18H18ClN3O5. The highest BCUT2D eigenvalue weighted by molar-refractivity contribution is 6.32. The summed E-state index contributed by atoms with van der Waals surface area (Å²) in [4.78, 5) is 35.1. The van der Waals surface area contributed by atoms with Crippen LogP contribution in [0.25, 0.3) is 6.08 Å². The van der Waals surface area contributed by atoms with Crippen LogP contribution in [-0.2, 0) is 16.1 Å². The minimum atomic E-state index is -0.560. The molecule has 8 nitrogen and oxygen atoms in total. The average molecular weight is 392 g/mol. The molecule has 2 rings (SSSR count). The van der Waals surface area contributed by atoms with Gasteiger partial charge in [0.2, 0.25) is 0 Å². The number of halogens is 1. The first-order valence-corrected chi connectivity index (χ1v) is 8.16. The van der Waals surface area contributed by atoms with Crippen LogP contribution in [0.15, 0.2) is 47.4 Å². The van der Waals surface area contributed by atoms with E-state index in [1.54, 1.807) is 24.3 Å². The zero-order valence-electron chi connectivity index (χ0n) is 14.7. The zero-order valence-corrected chi connectivity index (χ0v) is 15.4. The summed E-state index contributed by atoms with van der Waals surface area (Å²) in [6.45, 7) is -0.213. The van der Waals surface area contributed by atoms with Gasteiger partial charge in [0.25, 0.3) is 17.4 Å². The van der Waals surface area contributed by atoms with Gasteiger partial charge in [-0.25, -0.2) is 0 Å². The first-order valence-electron chi connectivity index (χ1n) is 7.78. The molecule has 0 saturated carbocycles. The van der Waals surface area contributed by atoms with E-state index in [0.717, 1.165) is 0 Å². The van der Waals surface area contributed by atoms with Crippen LogP contribution in [0.2, 0.25) is 5.02 Å². The minimum absolute atomic E-state index is 0.213. The van der Waals surface area contributed by atoms with Gasteiger partial charge in [0, 0.05) is 18.3 Å². The number of pyridine rings is 1. The van der Waals surface area contributed by atoms with Crippen LogP contribution in [0.4, 0.5) is 0 Å². The molecule has 27 heavy (non-hydrogen) atoms. The molecule has 2 N–H and O–H groups in total. The molecule has 0 bridgehead atoms. The van der Waals surface area contributed by atoms with E-state index in [9.17, 15) is 14.4 Å². The normalized spacial score (nSPS) is 10.5. The van der Waals surface area contributed by atoms with Gasteiger partial charge >= 0.3 is 0 Å². The van der Waals surface area contributed by atoms with Crippen LogP contribution in [0.1, 0.15) is 5.56 Å². The number of benzene rings is 1. The maximum absolute atomic E-state index is 11.8. The molecular weight excluding hydrogens is 374 g/mol. The fraction of sp³-hybridized carbons (Fsp3) is 0.167. The Morgan fingerprint density at radius 3 is 2.63 bits per heavy atom. The molecule has 0 saturated heterocycles. The van der Waals surface area contributed by atoms with Crippen molar-refractivity contribution >= 4 is 29.5 Å². The van der Waals surface area contributed by atoms with Gasteiger partial charge < -0.3 is 14.0 Å². The van der Waals surface area contributed by atoms with Crippen LogP contribution in [0.5, 0.6) is 11.5 Å². The predicted octanol–water partition coefficient (Wildman–Crippen LogP) is 1.38. The molecule has 1 aromatic heterocycles. The smallest absolute Gasteiger partial charge is 0.262 e. The van der Waals surface area contributed by atoms with E-state index in [0.29, 0.717) is 22.1 Å². The minimum Gasteiger partial charge on any atom is -0.493 e. The number of aromatic nitrogens is 1. The van der Waals surface area contributed by atoms with Crippen LogP contribution in [0, 0.1) is 0 Å². The molecule has 0 aliphatic heterocycles. The number of hydrazine groups is 1. The van der Waals surface area contributed by atoms with Crippen molar-refractivity contribution in [2.24, 2.45) is 0 Å². The molecule has 0 fully saturated rings. The largest absolute Gasteiger partial charge is 0.493 e. The standard InChI is InChI=1S/C18H18ClN3O5/c1-26-14-10-12(9-13(19)18(14)27-2)6-7-15(23)20-21-16(24)11-22-8-4-3-5-17(22)25/h3-10H,11H2,1-2H3,(H,20,23)(H,21,24)/b7-6+. The predicted molar refractivity (Wildman–Crippen MR) is 101 cm³/mol. The van der Waals surface area contributed by atoms with Gasteiger partial charge in [-0.05, 0) is 29.8 Å². The van der Waals surface area contributed by atoms with Crippen LogP contribution < -0.4 is 25.9 Å². The topological polar surface area (TPSA) is 98.7 Å². The average Bonchev–Trinajstić information content (AvgIpc) is 2.66. The lowest BCUT2D eigenvalue weighted by Gasteiger charge is -2.10. The van der Waals surface area contributed by atoms with Crippen molar-refractivity contribution in [3.05, 3.63) is 63.5 Å². The number of nitrogens with one attached hydrogen (secondary N) is 2. The maximum Gasteiger partial charge on any atom is 0.262 e. The third-order valence-electron chi connectivity index (χ3n) is 3.42. The van der Waals surface area contributed by atoms with E-state index in [1.807, 2.05) is 0 Å². The van der Waals surface area contributed by atoms with Gasteiger partial charge in [-0.3, -0.25) is 25.2 Å². The van der Waals surface area contributed by atoms with Gasteiger partial charge in [-0.1, -0.05) is 17.7 Å². The van der Waals surface area contributed by atoms with E-state index in [2.05, 4.69) is 10.9 Å². The number of amides is 2. The van der Waals surface area contributed by atoms with E-state index in [1.165, 1.54) is 43.2 Å². The lowest BCUT2D eigenvalue weighted by molar-refractivity contribution is -0.127. The highest BCUT2D eigenvalue weighted by atomic mass is 35.5. The second-order valence-electron chi connectivity index (χ2n) is 5.28. The molecule has 1 aromatic carbocycles. The summed E-state index contributed by atoms with van der Waals surface area (Å²) in [5, 5.41) is 0.332. The Kier molecular flexibility index (Phi) is 7.01. The van der Waals surface area contributed by atoms with Crippen molar-refractivity contribution in [1.29, 1.82) is 0 Å². The Hall–Kier alpha value is -3.26. The van der Waals surface area contributed by atoms with Crippen LogP contribution >= 0.6 is 11.6 Å². The molecule has 0 atom stereocenters. The van der Waals surface area contributed by atoms with Crippen molar-refractivity contribution in [2.75, 3.05) is 14.2 Å². The SMILES string of the molecule is COc1cc(/C=C/C(=O)NNC(=O)Cn2ccccc2=O)cc(Cl)c1OC. The van der Waals surface area contributed by atoms with Crippen LogP contribution in [-0.4, -0.2) is 30.6 Å². The third kappa shape index (κ3) is 5.61. The molecule has 0 radical (unpaired) electrons. The summed E-state index contributed by atoms with van der Waals surface area (Å²) in [7, 11) is 2.95.